The van der Waals surface area contributed by atoms with E-state index >= 15 is 0 Å². The average Bonchev–Trinajstić information content (AvgIpc) is 3.22. The van der Waals surface area contributed by atoms with E-state index in [1.165, 1.54) is 27.9 Å². The third-order valence-electron chi connectivity index (χ3n) is 5.90. The number of hydrogen-bond acceptors (Lipinski definition) is 4. The van der Waals surface area contributed by atoms with Crippen LogP contribution in [0.2, 0.25) is 0 Å². The average molecular weight is 490 g/mol. The summed E-state index contributed by atoms with van der Waals surface area (Å²) in [5.41, 5.74) is 8.72. The third kappa shape index (κ3) is 3.51. The molecule has 5 nitrogen and oxygen atoms in total. The molecule has 148 valence electrons. The zero-order chi connectivity index (χ0) is 20.1. The van der Waals surface area contributed by atoms with Gasteiger partial charge in [-0.1, -0.05) is 41.6 Å². The number of rotatable bonds is 4. The molecular formula is C22H27IN4O. The molecule has 2 aromatic heterocycles. The molecule has 0 aliphatic heterocycles. The van der Waals surface area contributed by atoms with Crippen molar-refractivity contribution in [3.05, 3.63) is 40.1 Å². The largest absolute Gasteiger partial charge is 0.332 e. The summed E-state index contributed by atoms with van der Waals surface area (Å²) in [7, 11) is 2.01. The van der Waals surface area contributed by atoms with E-state index < -0.39 is 0 Å². The third-order valence-corrected chi connectivity index (χ3v) is 6.44. The van der Waals surface area contributed by atoms with Crippen molar-refractivity contribution in [3.63, 3.8) is 0 Å². The number of halogens is 1. The highest BCUT2D eigenvalue weighted by atomic mass is 127. The fourth-order valence-corrected chi connectivity index (χ4v) is 4.85. The molecule has 2 heterocycles. The lowest BCUT2D eigenvalue weighted by atomic mass is 9.76. The number of hydrogen-bond donors (Lipinski definition) is 0. The number of fused-ring (bicyclic) bond motifs is 1. The zero-order valence-electron chi connectivity index (χ0n) is 17.3. The predicted molar refractivity (Wildman–Crippen MR) is 120 cm³/mol. The Morgan fingerprint density at radius 2 is 1.93 bits per heavy atom. The molecule has 1 aromatic carbocycles. The smallest absolute Gasteiger partial charge is 0.279 e. The Morgan fingerprint density at radius 3 is 2.61 bits per heavy atom. The SMILES string of the molecule is Cc1cc(-c2noc(-c3nn(C)c4c3CCC(C)(C)C4)n2)cc(C)c1CCI. The van der Waals surface area contributed by atoms with Crippen LogP contribution in [-0.2, 0) is 26.3 Å². The summed E-state index contributed by atoms with van der Waals surface area (Å²) >= 11 is 2.43. The molecule has 0 amide bonds. The maximum atomic E-state index is 5.66. The van der Waals surface area contributed by atoms with Gasteiger partial charge >= 0.3 is 0 Å². The van der Waals surface area contributed by atoms with E-state index in [-0.39, 0.29) is 0 Å². The standard InChI is InChI=1S/C22H27IN4O/c1-13-10-15(11-14(2)16(13)7-9-23)20-24-21(28-26-20)19-17-6-8-22(3,4)12-18(17)27(5)25-19/h10-11H,6-9,12H2,1-5H3. The maximum Gasteiger partial charge on any atom is 0.279 e. The van der Waals surface area contributed by atoms with Gasteiger partial charge < -0.3 is 4.52 Å². The first kappa shape index (κ1) is 19.6. The van der Waals surface area contributed by atoms with E-state index in [0.717, 1.165) is 41.4 Å². The molecule has 6 heteroatoms. The van der Waals surface area contributed by atoms with Crippen LogP contribution in [0.3, 0.4) is 0 Å². The Morgan fingerprint density at radius 1 is 1.21 bits per heavy atom. The molecule has 0 atom stereocenters. The molecule has 0 radical (unpaired) electrons. The van der Waals surface area contributed by atoms with Crippen LogP contribution in [0.5, 0.6) is 0 Å². The molecular weight excluding hydrogens is 463 g/mol. The van der Waals surface area contributed by atoms with Crippen LogP contribution in [0.1, 0.15) is 48.2 Å². The summed E-state index contributed by atoms with van der Waals surface area (Å²) in [6.07, 6.45) is 4.28. The zero-order valence-corrected chi connectivity index (χ0v) is 19.4. The van der Waals surface area contributed by atoms with Gasteiger partial charge in [0.1, 0.15) is 0 Å². The van der Waals surface area contributed by atoms with E-state index in [1.54, 1.807) is 0 Å². The molecule has 1 aliphatic rings. The Hall–Kier alpha value is -1.70. The summed E-state index contributed by atoms with van der Waals surface area (Å²) in [5, 5.41) is 9.00. The fourth-order valence-electron chi connectivity index (χ4n) is 4.31. The van der Waals surface area contributed by atoms with Crippen LogP contribution in [-0.4, -0.2) is 24.3 Å². The molecule has 1 aliphatic carbocycles. The second-order valence-corrected chi connectivity index (χ2v) is 9.77. The molecule has 0 unspecified atom stereocenters. The number of alkyl halides is 1. The molecule has 0 fully saturated rings. The normalized spacial score (nSPS) is 15.6. The first-order chi connectivity index (χ1) is 13.3. The van der Waals surface area contributed by atoms with Crippen molar-refractivity contribution < 1.29 is 4.52 Å². The lowest BCUT2D eigenvalue weighted by Crippen LogP contribution is -2.23. The van der Waals surface area contributed by atoms with E-state index in [2.05, 4.69) is 67.6 Å². The Bertz CT molecular complexity index is 1010. The first-order valence-corrected chi connectivity index (χ1v) is 11.4. The summed E-state index contributed by atoms with van der Waals surface area (Å²) in [6, 6.07) is 4.33. The molecule has 0 saturated heterocycles. The summed E-state index contributed by atoms with van der Waals surface area (Å²) in [4.78, 5) is 4.71. The fraction of sp³-hybridized carbons (Fsp3) is 0.500. The van der Waals surface area contributed by atoms with Crippen molar-refractivity contribution in [2.45, 2.75) is 53.4 Å². The Kier molecular flexibility index (Phi) is 5.10. The van der Waals surface area contributed by atoms with Gasteiger partial charge in [0.05, 0.1) is 0 Å². The second kappa shape index (κ2) is 7.28. The minimum absolute atomic E-state index is 0.312. The topological polar surface area (TPSA) is 56.7 Å². The van der Waals surface area contributed by atoms with Crippen molar-refractivity contribution >= 4 is 22.6 Å². The van der Waals surface area contributed by atoms with Gasteiger partial charge in [-0.25, -0.2) is 0 Å². The van der Waals surface area contributed by atoms with Gasteiger partial charge in [-0.2, -0.15) is 10.1 Å². The van der Waals surface area contributed by atoms with Gasteiger partial charge in [0.25, 0.3) is 5.89 Å². The van der Waals surface area contributed by atoms with Crippen molar-refractivity contribution in [3.8, 4) is 23.0 Å². The van der Waals surface area contributed by atoms with E-state index in [1.807, 2.05) is 11.7 Å². The van der Waals surface area contributed by atoms with E-state index in [0.29, 0.717) is 17.1 Å². The first-order valence-electron chi connectivity index (χ1n) is 9.84. The van der Waals surface area contributed by atoms with Gasteiger partial charge in [0.2, 0.25) is 5.82 Å². The van der Waals surface area contributed by atoms with Gasteiger partial charge in [0.15, 0.2) is 5.69 Å². The Balaban J connectivity index is 1.70. The molecule has 0 N–H and O–H groups in total. The lowest BCUT2D eigenvalue weighted by molar-refractivity contribution is 0.306. The molecule has 0 saturated carbocycles. The maximum absolute atomic E-state index is 5.66. The lowest BCUT2D eigenvalue weighted by Gasteiger charge is -2.29. The van der Waals surface area contributed by atoms with Gasteiger partial charge in [-0.05, 0) is 73.8 Å². The van der Waals surface area contributed by atoms with Gasteiger partial charge in [-0.15, -0.1) is 0 Å². The monoisotopic (exact) mass is 490 g/mol. The number of nitrogens with zero attached hydrogens (tertiary/aromatic N) is 4. The predicted octanol–water partition coefficient (Wildman–Crippen LogP) is 5.25. The molecule has 0 spiro atoms. The van der Waals surface area contributed by atoms with Crippen LogP contribution in [0.25, 0.3) is 23.0 Å². The van der Waals surface area contributed by atoms with Crippen LogP contribution < -0.4 is 0 Å². The molecule has 4 rings (SSSR count). The van der Waals surface area contributed by atoms with E-state index in [9.17, 15) is 0 Å². The van der Waals surface area contributed by atoms with Gasteiger partial charge in [0, 0.05) is 28.3 Å². The summed E-state index contributed by atoms with van der Waals surface area (Å²) < 4.78 is 8.76. The van der Waals surface area contributed by atoms with Crippen molar-refractivity contribution in [2.24, 2.45) is 12.5 Å². The van der Waals surface area contributed by atoms with Crippen LogP contribution in [0.15, 0.2) is 16.7 Å². The van der Waals surface area contributed by atoms with Gasteiger partial charge in [-0.3, -0.25) is 4.68 Å². The number of aryl methyl sites for hydroxylation is 3. The van der Waals surface area contributed by atoms with E-state index in [4.69, 9.17) is 14.6 Å². The minimum atomic E-state index is 0.312. The summed E-state index contributed by atoms with van der Waals surface area (Å²) in [5.74, 6) is 1.16. The van der Waals surface area contributed by atoms with Crippen molar-refractivity contribution in [1.29, 1.82) is 0 Å². The molecule has 28 heavy (non-hydrogen) atoms. The quantitative estimate of drug-likeness (QED) is 0.371. The Labute approximate surface area is 180 Å². The van der Waals surface area contributed by atoms with Crippen molar-refractivity contribution in [2.75, 3.05) is 4.43 Å². The van der Waals surface area contributed by atoms with Crippen molar-refractivity contribution in [1.82, 2.24) is 19.9 Å². The summed E-state index contributed by atoms with van der Waals surface area (Å²) in [6.45, 7) is 8.96. The molecule has 0 bridgehead atoms. The molecule has 3 aromatic rings. The van der Waals surface area contributed by atoms with Crippen LogP contribution >= 0.6 is 22.6 Å². The van der Waals surface area contributed by atoms with Crippen LogP contribution in [0.4, 0.5) is 0 Å². The minimum Gasteiger partial charge on any atom is -0.332 e. The highest BCUT2D eigenvalue weighted by molar-refractivity contribution is 14.1. The number of benzene rings is 1. The highest BCUT2D eigenvalue weighted by Crippen LogP contribution is 2.38. The highest BCUT2D eigenvalue weighted by Gasteiger charge is 2.32. The van der Waals surface area contributed by atoms with Crippen LogP contribution in [0, 0.1) is 19.3 Å². The number of aromatic nitrogens is 4. The second-order valence-electron chi connectivity index (χ2n) is 8.69.